The second-order valence-electron chi connectivity index (χ2n) is 4.25. The molecule has 0 aromatic carbocycles. The summed E-state index contributed by atoms with van der Waals surface area (Å²) in [7, 11) is 1.63. The molecule has 0 bridgehead atoms. The Morgan fingerprint density at radius 3 is 2.53 bits per heavy atom. The number of aliphatic hydroxyl groups is 1. The van der Waals surface area contributed by atoms with Crippen molar-refractivity contribution in [3.63, 3.8) is 0 Å². The Morgan fingerprint density at radius 1 is 1.41 bits per heavy atom. The van der Waals surface area contributed by atoms with Crippen LogP contribution in [-0.4, -0.2) is 61.4 Å². The van der Waals surface area contributed by atoms with E-state index in [1.165, 1.54) is 0 Å². The maximum absolute atomic E-state index is 11.9. The molecule has 2 atom stereocenters. The average molecular weight is 246 g/mol. The van der Waals surface area contributed by atoms with Gasteiger partial charge in [0.05, 0.1) is 19.3 Å². The van der Waals surface area contributed by atoms with Crippen LogP contribution in [-0.2, 0) is 9.53 Å². The van der Waals surface area contributed by atoms with Crippen LogP contribution in [0.4, 0.5) is 0 Å². The number of rotatable bonds is 9. The smallest absolute Gasteiger partial charge is 0.237 e. The first kappa shape index (κ1) is 16.4. The summed E-state index contributed by atoms with van der Waals surface area (Å²) in [4.78, 5) is 13.8. The van der Waals surface area contributed by atoms with Crippen molar-refractivity contribution in [1.29, 1.82) is 0 Å². The van der Waals surface area contributed by atoms with Gasteiger partial charge in [0.1, 0.15) is 0 Å². The molecule has 0 fully saturated rings. The summed E-state index contributed by atoms with van der Waals surface area (Å²) in [5.41, 5.74) is 0. The van der Waals surface area contributed by atoms with Crippen LogP contribution in [0.15, 0.2) is 0 Å². The molecule has 0 heterocycles. The number of aliphatic hydroxyl groups excluding tert-OH is 1. The molecule has 17 heavy (non-hydrogen) atoms. The molecule has 0 aromatic rings. The number of nitrogens with one attached hydrogen (secondary N) is 1. The highest BCUT2D eigenvalue weighted by Crippen LogP contribution is 2.00. The first-order valence-corrected chi connectivity index (χ1v) is 6.21. The number of ether oxygens (including phenoxy) is 1. The van der Waals surface area contributed by atoms with Gasteiger partial charge in [-0.25, -0.2) is 0 Å². The largest absolute Gasteiger partial charge is 0.395 e. The van der Waals surface area contributed by atoms with Crippen molar-refractivity contribution in [3.05, 3.63) is 0 Å². The molecular formula is C12H26N2O3. The molecule has 2 unspecified atom stereocenters. The van der Waals surface area contributed by atoms with Crippen LogP contribution < -0.4 is 5.32 Å². The fourth-order valence-corrected chi connectivity index (χ4v) is 1.47. The molecule has 0 aromatic heterocycles. The minimum atomic E-state index is -0.244. The van der Waals surface area contributed by atoms with Crippen molar-refractivity contribution in [2.24, 2.45) is 0 Å². The lowest BCUT2D eigenvalue weighted by molar-refractivity contribution is -0.126. The molecular weight excluding hydrogens is 220 g/mol. The van der Waals surface area contributed by atoms with E-state index in [4.69, 9.17) is 9.84 Å². The predicted octanol–water partition coefficient (Wildman–Crippen LogP) is 0.230. The standard InChI is InChI=1S/C12H26N2O3/c1-5-10(2)13-12(16)11(3)14(6-8-15)7-9-17-4/h10-11,15H,5-9H2,1-4H3,(H,13,16). The SMILES string of the molecule is CCC(C)NC(=O)C(C)N(CCO)CCOC. The van der Waals surface area contributed by atoms with Crippen LogP contribution in [0.3, 0.4) is 0 Å². The number of hydrogen-bond donors (Lipinski definition) is 2. The summed E-state index contributed by atoms with van der Waals surface area (Å²) in [6, 6.07) is -0.0605. The van der Waals surface area contributed by atoms with Crippen LogP contribution in [0.5, 0.6) is 0 Å². The summed E-state index contributed by atoms with van der Waals surface area (Å²) in [5, 5.41) is 11.9. The van der Waals surface area contributed by atoms with Crippen LogP contribution >= 0.6 is 0 Å². The van der Waals surface area contributed by atoms with Gasteiger partial charge in [-0.05, 0) is 20.3 Å². The average Bonchev–Trinajstić information content (AvgIpc) is 2.33. The lowest BCUT2D eigenvalue weighted by Gasteiger charge is -2.28. The first-order valence-electron chi connectivity index (χ1n) is 6.21. The second kappa shape index (κ2) is 9.39. The highest BCUT2D eigenvalue weighted by molar-refractivity contribution is 5.81. The van der Waals surface area contributed by atoms with E-state index in [-0.39, 0.29) is 24.6 Å². The second-order valence-corrected chi connectivity index (χ2v) is 4.25. The van der Waals surface area contributed by atoms with E-state index < -0.39 is 0 Å². The third kappa shape index (κ3) is 6.61. The van der Waals surface area contributed by atoms with E-state index in [0.717, 1.165) is 6.42 Å². The van der Waals surface area contributed by atoms with Crippen LogP contribution in [0.25, 0.3) is 0 Å². The van der Waals surface area contributed by atoms with Gasteiger partial charge in [-0.2, -0.15) is 0 Å². The molecule has 0 aliphatic carbocycles. The molecule has 0 aliphatic heterocycles. The van der Waals surface area contributed by atoms with Gasteiger partial charge in [0.2, 0.25) is 5.91 Å². The predicted molar refractivity (Wildman–Crippen MR) is 67.9 cm³/mol. The maximum atomic E-state index is 11.9. The Bertz CT molecular complexity index is 212. The molecule has 102 valence electrons. The highest BCUT2D eigenvalue weighted by atomic mass is 16.5. The number of carbonyl (C=O) groups is 1. The quantitative estimate of drug-likeness (QED) is 0.611. The number of carbonyl (C=O) groups excluding carboxylic acids is 1. The Balaban J connectivity index is 4.26. The van der Waals surface area contributed by atoms with Crippen LogP contribution in [0, 0.1) is 0 Å². The van der Waals surface area contributed by atoms with E-state index in [9.17, 15) is 4.79 Å². The van der Waals surface area contributed by atoms with Crippen molar-refractivity contribution in [1.82, 2.24) is 10.2 Å². The van der Waals surface area contributed by atoms with Gasteiger partial charge in [0.25, 0.3) is 0 Å². The summed E-state index contributed by atoms with van der Waals surface area (Å²) >= 11 is 0. The maximum Gasteiger partial charge on any atom is 0.237 e. The number of methoxy groups -OCH3 is 1. The zero-order valence-electron chi connectivity index (χ0n) is 11.4. The summed E-state index contributed by atoms with van der Waals surface area (Å²) in [5.74, 6) is 0.00361. The number of amides is 1. The molecule has 1 amide bonds. The van der Waals surface area contributed by atoms with Crippen LogP contribution in [0.2, 0.25) is 0 Å². The molecule has 0 saturated carbocycles. The molecule has 0 spiro atoms. The Morgan fingerprint density at radius 2 is 2.06 bits per heavy atom. The fourth-order valence-electron chi connectivity index (χ4n) is 1.47. The van der Waals surface area contributed by atoms with E-state index in [1.807, 2.05) is 25.7 Å². The molecule has 2 N–H and O–H groups in total. The Hall–Kier alpha value is -0.650. The lowest BCUT2D eigenvalue weighted by atomic mass is 10.2. The lowest BCUT2D eigenvalue weighted by Crippen LogP contribution is -2.49. The van der Waals surface area contributed by atoms with E-state index in [0.29, 0.717) is 19.7 Å². The molecule has 0 saturated heterocycles. The van der Waals surface area contributed by atoms with E-state index >= 15 is 0 Å². The third-order valence-electron chi connectivity index (χ3n) is 2.90. The molecule has 5 heteroatoms. The normalized spacial score (nSPS) is 14.7. The van der Waals surface area contributed by atoms with Gasteiger partial charge in [0, 0.05) is 26.2 Å². The topological polar surface area (TPSA) is 61.8 Å². The zero-order valence-corrected chi connectivity index (χ0v) is 11.4. The number of nitrogens with zero attached hydrogens (tertiary/aromatic N) is 1. The van der Waals surface area contributed by atoms with Crippen molar-refractivity contribution in [3.8, 4) is 0 Å². The molecule has 5 nitrogen and oxygen atoms in total. The summed E-state index contributed by atoms with van der Waals surface area (Å²) in [6.45, 7) is 7.60. The van der Waals surface area contributed by atoms with Gasteiger partial charge < -0.3 is 15.2 Å². The zero-order chi connectivity index (χ0) is 13.3. The minimum Gasteiger partial charge on any atom is -0.395 e. The van der Waals surface area contributed by atoms with E-state index in [1.54, 1.807) is 7.11 Å². The first-order chi connectivity index (χ1) is 8.06. The van der Waals surface area contributed by atoms with E-state index in [2.05, 4.69) is 5.32 Å². The van der Waals surface area contributed by atoms with Gasteiger partial charge >= 0.3 is 0 Å². The molecule has 0 aliphatic rings. The minimum absolute atomic E-state index is 0.00361. The monoisotopic (exact) mass is 246 g/mol. The van der Waals surface area contributed by atoms with Crippen molar-refractivity contribution >= 4 is 5.91 Å². The number of hydrogen-bond acceptors (Lipinski definition) is 4. The van der Waals surface area contributed by atoms with Gasteiger partial charge in [-0.1, -0.05) is 6.92 Å². The van der Waals surface area contributed by atoms with Crippen molar-refractivity contribution in [2.75, 3.05) is 33.4 Å². The van der Waals surface area contributed by atoms with Gasteiger partial charge in [-0.15, -0.1) is 0 Å². The molecule has 0 radical (unpaired) electrons. The van der Waals surface area contributed by atoms with Gasteiger partial charge in [0.15, 0.2) is 0 Å². The Labute approximate surface area is 104 Å². The molecule has 0 rings (SSSR count). The van der Waals surface area contributed by atoms with Crippen molar-refractivity contribution < 1.29 is 14.6 Å². The summed E-state index contributed by atoms with van der Waals surface area (Å²) < 4.78 is 5.00. The fraction of sp³-hybridized carbons (Fsp3) is 0.917. The third-order valence-corrected chi connectivity index (χ3v) is 2.90. The highest BCUT2D eigenvalue weighted by Gasteiger charge is 2.21. The van der Waals surface area contributed by atoms with Crippen molar-refractivity contribution in [2.45, 2.75) is 39.3 Å². The van der Waals surface area contributed by atoms with Gasteiger partial charge in [-0.3, -0.25) is 9.69 Å². The van der Waals surface area contributed by atoms with Crippen LogP contribution in [0.1, 0.15) is 27.2 Å². The summed E-state index contributed by atoms with van der Waals surface area (Å²) in [6.07, 6.45) is 0.913. The Kier molecular flexibility index (Phi) is 9.03.